The lowest BCUT2D eigenvalue weighted by Gasteiger charge is -2.23. The van der Waals surface area contributed by atoms with Crippen molar-refractivity contribution >= 4 is 17.2 Å². The number of likely N-dealkylation sites (N-methyl/N-ethyl adjacent to an activating group) is 1. The van der Waals surface area contributed by atoms with E-state index in [0.29, 0.717) is 26.0 Å². The summed E-state index contributed by atoms with van der Waals surface area (Å²) in [5.41, 5.74) is 1.17. The van der Waals surface area contributed by atoms with Gasteiger partial charge in [-0.25, -0.2) is 0 Å². The minimum Gasteiger partial charge on any atom is -0.494 e. The molecule has 0 fully saturated rings. The molecule has 0 saturated carbocycles. The number of nitrogens with one attached hydrogen (secondary N) is 1. The molecule has 0 spiro atoms. The van der Waals surface area contributed by atoms with Crippen molar-refractivity contribution in [3.8, 4) is 5.75 Å². The van der Waals surface area contributed by atoms with Gasteiger partial charge in [0.2, 0.25) is 5.91 Å². The molecule has 1 heterocycles. The first kappa shape index (κ1) is 18.5. The smallest absolute Gasteiger partial charge is 0.220 e. The van der Waals surface area contributed by atoms with Crippen molar-refractivity contribution in [3.63, 3.8) is 0 Å². The summed E-state index contributed by atoms with van der Waals surface area (Å²) in [4.78, 5) is 15.4. The van der Waals surface area contributed by atoms with Crippen LogP contribution < -0.4 is 10.1 Å². The zero-order chi connectivity index (χ0) is 17.4. The lowest BCUT2D eigenvalue weighted by atomic mass is 10.2. The van der Waals surface area contributed by atoms with Gasteiger partial charge in [-0.3, -0.25) is 4.79 Å². The summed E-state index contributed by atoms with van der Waals surface area (Å²) in [5.74, 6) is 0.937. The lowest BCUT2D eigenvalue weighted by Crippen LogP contribution is -2.34. The molecule has 130 valence electrons. The summed E-state index contributed by atoms with van der Waals surface area (Å²) in [5, 5.41) is 5.10. The Bertz CT molecular complexity index is 626. The second-order valence-electron chi connectivity index (χ2n) is 6.07. The van der Waals surface area contributed by atoms with Gasteiger partial charge in [0, 0.05) is 17.8 Å². The van der Waals surface area contributed by atoms with Crippen LogP contribution in [0.25, 0.3) is 0 Å². The summed E-state index contributed by atoms with van der Waals surface area (Å²) in [6, 6.07) is 12.3. The monoisotopic (exact) mass is 346 g/mol. The molecule has 0 bridgehead atoms. The summed E-state index contributed by atoms with van der Waals surface area (Å²) in [6.45, 7) is 3.22. The molecule has 1 amide bonds. The molecule has 1 atom stereocenters. The van der Waals surface area contributed by atoms with Gasteiger partial charge in [0.05, 0.1) is 12.6 Å². The standard InChI is InChI=1S/C19H26N2O2S/c1-15-7-4-8-16(13-15)23-11-5-10-19(22)20-14-17(21(2)3)18-9-6-12-24-18/h4,6-9,12-13,17H,5,10-11,14H2,1-3H3,(H,20,22). The Hall–Kier alpha value is -1.85. The topological polar surface area (TPSA) is 41.6 Å². The number of hydrogen-bond acceptors (Lipinski definition) is 4. The predicted molar refractivity (Wildman–Crippen MR) is 99.7 cm³/mol. The van der Waals surface area contributed by atoms with Gasteiger partial charge in [-0.15, -0.1) is 11.3 Å². The van der Waals surface area contributed by atoms with E-state index in [2.05, 4.69) is 21.7 Å². The molecule has 0 saturated heterocycles. The van der Waals surface area contributed by atoms with Crippen molar-refractivity contribution in [3.05, 3.63) is 52.2 Å². The highest BCUT2D eigenvalue weighted by atomic mass is 32.1. The van der Waals surface area contributed by atoms with Gasteiger partial charge in [-0.1, -0.05) is 18.2 Å². The first-order valence-electron chi connectivity index (χ1n) is 8.22. The Kier molecular flexibility index (Phi) is 7.28. The van der Waals surface area contributed by atoms with E-state index in [9.17, 15) is 4.79 Å². The van der Waals surface area contributed by atoms with E-state index in [1.54, 1.807) is 11.3 Å². The van der Waals surface area contributed by atoms with E-state index < -0.39 is 0 Å². The zero-order valence-electron chi connectivity index (χ0n) is 14.6. The Morgan fingerprint density at radius 2 is 2.12 bits per heavy atom. The van der Waals surface area contributed by atoms with Crippen LogP contribution in [0.2, 0.25) is 0 Å². The third-order valence-electron chi connectivity index (χ3n) is 3.79. The third-order valence-corrected chi connectivity index (χ3v) is 4.77. The molecule has 1 N–H and O–H groups in total. The van der Waals surface area contributed by atoms with Crippen LogP contribution in [0, 0.1) is 6.92 Å². The number of hydrogen-bond donors (Lipinski definition) is 1. The first-order valence-corrected chi connectivity index (χ1v) is 9.10. The molecule has 5 heteroatoms. The fourth-order valence-electron chi connectivity index (χ4n) is 2.45. The highest BCUT2D eigenvalue weighted by Crippen LogP contribution is 2.22. The van der Waals surface area contributed by atoms with Crippen molar-refractivity contribution in [1.29, 1.82) is 0 Å². The van der Waals surface area contributed by atoms with E-state index in [1.165, 1.54) is 10.4 Å². The maximum atomic E-state index is 12.0. The van der Waals surface area contributed by atoms with E-state index in [-0.39, 0.29) is 11.9 Å². The molecule has 0 radical (unpaired) electrons. The van der Waals surface area contributed by atoms with Crippen LogP contribution in [0.4, 0.5) is 0 Å². The number of amides is 1. The molecule has 1 aromatic carbocycles. The van der Waals surface area contributed by atoms with Crippen LogP contribution in [0.15, 0.2) is 41.8 Å². The minimum absolute atomic E-state index is 0.0752. The first-order chi connectivity index (χ1) is 11.6. The minimum atomic E-state index is 0.0752. The SMILES string of the molecule is Cc1cccc(OCCCC(=O)NCC(c2cccs2)N(C)C)c1. The summed E-state index contributed by atoms with van der Waals surface area (Å²) in [7, 11) is 4.07. The quantitative estimate of drug-likeness (QED) is 0.705. The molecule has 2 rings (SSSR count). The van der Waals surface area contributed by atoms with Gasteiger partial charge in [-0.2, -0.15) is 0 Å². The Balaban J connectivity index is 1.67. The van der Waals surface area contributed by atoms with Crippen molar-refractivity contribution in [2.45, 2.75) is 25.8 Å². The van der Waals surface area contributed by atoms with Gasteiger partial charge in [-0.05, 0) is 56.6 Å². The number of carbonyl (C=O) groups is 1. The summed E-state index contributed by atoms with van der Waals surface area (Å²) < 4.78 is 5.67. The Morgan fingerprint density at radius 1 is 1.29 bits per heavy atom. The molecule has 1 aromatic heterocycles. The van der Waals surface area contributed by atoms with Crippen molar-refractivity contribution in [2.24, 2.45) is 0 Å². The second kappa shape index (κ2) is 9.45. The third kappa shape index (κ3) is 5.98. The molecule has 0 aliphatic heterocycles. The number of ether oxygens (including phenoxy) is 1. The van der Waals surface area contributed by atoms with Crippen LogP contribution in [0.5, 0.6) is 5.75 Å². The predicted octanol–water partition coefficient (Wildman–Crippen LogP) is 3.63. The van der Waals surface area contributed by atoms with Crippen LogP contribution in [-0.4, -0.2) is 38.1 Å². The molecule has 2 aromatic rings. The highest BCUT2D eigenvalue weighted by Gasteiger charge is 2.15. The average molecular weight is 346 g/mol. The van der Waals surface area contributed by atoms with Crippen LogP contribution in [-0.2, 0) is 4.79 Å². The van der Waals surface area contributed by atoms with Crippen LogP contribution in [0.3, 0.4) is 0 Å². The molecule has 24 heavy (non-hydrogen) atoms. The Morgan fingerprint density at radius 3 is 2.79 bits per heavy atom. The van der Waals surface area contributed by atoms with Crippen LogP contribution >= 0.6 is 11.3 Å². The summed E-state index contributed by atoms with van der Waals surface area (Å²) >= 11 is 1.72. The molecule has 4 nitrogen and oxygen atoms in total. The molecule has 1 unspecified atom stereocenters. The van der Waals surface area contributed by atoms with Gasteiger partial charge >= 0.3 is 0 Å². The number of benzene rings is 1. The molecule has 0 aliphatic carbocycles. The number of nitrogens with zero attached hydrogens (tertiary/aromatic N) is 1. The van der Waals surface area contributed by atoms with E-state index >= 15 is 0 Å². The van der Waals surface area contributed by atoms with E-state index in [1.807, 2.05) is 51.4 Å². The van der Waals surface area contributed by atoms with Crippen molar-refractivity contribution in [1.82, 2.24) is 10.2 Å². The molecule has 0 aliphatic rings. The van der Waals surface area contributed by atoms with Gasteiger partial charge in [0.1, 0.15) is 5.75 Å². The van der Waals surface area contributed by atoms with Crippen LogP contribution in [0.1, 0.15) is 29.3 Å². The van der Waals surface area contributed by atoms with Gasteiger partial charge in [0.25, 0.3) is 0 Å². The zero-order valence-corrected chi connectivity index (χ0v) is 15.4. The van der Waals surface area contributed by atoms with Gasteiger partial charge in [0.15, 0.2) is 0 Å². The Labute approximate surface area is 148 Å². The number of thiophene rings is 1. The normalized spacial score (nSPS) is 12.2. The average Bonchev–Trinajstić information content (AvgIpc) is 3.06. The van der Waals surface area contributed by atoms with E-state index in [0.717, 1.165) is 5.75 Å². The molecular formula is C19H26N2O2S. The maximum absolute atomic E-state index is 12.0. The maximum Gasteiger partial charge on any atom is 0.220 e. The molecular weight excluding hydrogens is 320 g/mol. The fourth-order valence-corrected chi connectivity index (χ4v) is 3.37. The van der Waals surface area contributed by atoms with Crippen molar-refractivity contribution in [2.75, 3.05) is 27.2 Å². The lowest BCUT2D eigenvalue weighted by molar-refractivity contribution is -0.121. The largest absolute Gasteiger partial charge is 0.494 e. The van der Waals surface area contributed by atoms with Gasteiger partial charge < -0.3 is 15.0 Å². The van der Waals surface area contributed by atoms with Crippen molar-refractivity contribution < 1.29 is 9.53 Å². The van der Waals surface area contributed by atoms with E-state index in [4.69, 9.17) is 4.74 Å². The highest BCUT2D eigenvalue weighted by molar-refractivity contribution is 7.10. The number of aryl methyl sites for hydroxylation is 1. The fraction of sp³-hybridized carbons (Fsp3) is 0.421. The second-order valence-corrected chi connectivity index (χ2v) is 7.05. The number of carbonyl (C=O) groups excluding carboxylic acids is 1. The summed E-state index contributed by atoms with van der Waals surface area (Å²) in [6.07, 6.45) is 1.20. The number of rotatable bonds is 9.